The van der Waals surface area contributed by atoms with Crippen LogP contribution in [0.2, 0.25) is 5.02 Å². The van der Waals surface area contributed by atoms with Crippen molar-refractivity contribution >= 4 is 34.1 Å². The molecule has 0 aliphatic carbocycles. The highest BCUT2D eigenvalue weighted by Crippen LogP contribution is 2.32. The van der Waals surface area contributed by atoms with Crippen molar-refractivity contribution < 1.29 is 4.79 Å². The molecule has 1 atom stereocenters. The lowest BCUT2D eigenvalue weighted by molar-refractivity contribution is -0.118. The molecule has 4 rings (SSSR count). The van der Waals surface area contributed by atoms with Gasteiger partial charge < -0.3 is 5.32 Å². The maximum atomic E-state index is 13.0. The van der Waals surface area contributed by atoms with Gasteiger partial charge in [-0.15, -0.1) is 0 Å². The monoisotopic (exact) mass is 417 g/mol. The number of nitrogens with zero attached hydrogens (tertiary/aromatic N) is 2. The second-order valence-corrected chi connectivity index (χ2v) is 8.20. The lowest BCUT2D eigenvalue weighted by Crippen LogP contribution is -2.24. The van der Waals surface area contributed by atoms with Crippen LogP contribution in [-0.4, -0.2) is 15.7 Å². The molecule has 30 heavy (non-hydrogen) atoms. The van der Waals surface area contributed by atoms with E-state index in [-0.39, 0.29) is 5.91 Å². The molecule has 1 heterocycles. The Labute approximate surface area is 181 Å². The molecule has 1 amide bonds. The normalized spacial score (nSPS) is 12.3. The van der Waals surface area contributed by atoms with Crippen LogP contribution in [0.5, 0.6) is 0 Å². The van der Waals surface area contributed by atoms with Crippen molar-refractivity contribution in [2.45, 2.75) is 32.7 Å². The first-order chi connectivity index (χ1) is 14.4. The second kappa shape index (κ2) is 8.33. The molecule has 0 spiro atoms. The first-order valence-electron chi connectivity index (χ1n) is 10.1. The summed E-state index contributed by atoms with van der Waals surface area (Å²) >= 11 is 6.26. The first kappa shape index (κ1) is 20.2. The number of carbonyl (C=O) groups excluding carboxylic acids is 1. The van der Waals surface area contributed by atoms with Gasteiger partial charge in [-0.3, -0.25) is 9.48 Å². The molecule has 0 saturated carbocycles. The summed E-state index contributed by atoms with van der Waals surface area (Å²) in [6.07, 6.45) is 0. The highest BCUT2D eigenvalue weighted by atomic mass is 35.5. The Morgan fingerprint density at radius 2 is 1.67 bits per heavy atom. The van der Waals surface area contributed by atoms with Crippen LogP contribution in [-0.2, 0) is 4.79 Å². The Kier molecular flexibility index (Phi) is 5.60. The predicted molar refractivity (Wildman–Crippen MR) is 124 cm³/mol. The number of aromatic nitrogens is 2. The van der Waals surface area contributed by atoms with Crippen molar-refractivity contribution in [2.24, 2.45) is 0 Å². The van der Waals surface area contributed by atoms with Gasteiger partial charge in [-0.05, 0) is 48.7 Å². The lowest BCUT2D eigenvalue weighted by Gasteiger charge is -2.14. The summed E-state index contributed by atoms with van der Waals surface area (Å²) in [5.74, 6) is 0.332. The van der Waals surface area contributed by atoms with Gasteiger partial charge in [0.2, 0.25) is 5.91 Å². The first-order valence-corrected chi connectivity index (χ1v) is 10.5. The van der Waals surface area contributed by atoms with Crippen molar-refractivity contribution in [1.82, 2.24) is 9.78 Å². The fourth-order valence-corrected chi connectivity index (χ4v) is 3.70. The summed E-state index contributed by atoms with van der Waals surface area (Å²) in [4.78, 5) is 13.0. The Hall–Kier alpha value is -3.11. The SMILES string of the molecule is CC(C)c1ccc(NC(=O)[C@@H](C)n2nc(-c3ccccc3)c3cc(Cl)ccc32)cc1. The molecule has 1 N–H and O–H groups in total. The smallest absolute Gasteiger partial charge is 0.248 e. The number of benzene rings is 3. The van der Waals surface area contributed by atoms with Crippen LogP contribution in [0, 0.1) is 0 Å². The number of rotatable bonds is 5. The minimum absolute atomic E-state index is 0.119. The highest BCUT2D eigenvalue weighted by Gasteiger charge is 2.21. The third-order valence-corrected chi connectivity index (χ3v) is 5.54. The lowest BCUT2D eigenvalue weighted by atomic mass is 10.0. The standard InChI is InChI=1S/C25H24ClN3O/c1-16(2)18-9-12-21(13-10-18)27-25(30)17(3)29-23-14-11-20(26)15-22(23)24(28-29)19-7-5-4-6-8-19/h4-17H,1-3H3,(H,27,30)/t17-/m1/s1. The minimum Gasteiger partial charge on any atom is -0.324 e. The van der Waals surface area contributed by atoms with E-state index in [0.717, 1.165) is 27.8 Å². The van der Waals surface area contributed by atoms with Crippen LogP contribution in [0.3, 0.4) is 0 Å². The predicted octanol–water partition coefficient (Wildman–Crippen LogP) is 6.68. The van der Waals surface area contributed by atoms with Crippen molar-refractivity contribution in [3.05, 3.63) is 83.4 Å². The average molecular weight is 418 g/mol. The zero-order valence-electron chi connectivity index (χ0n) is 17.3. The Balaban J connectivity index is 1.67. The van der Waals surface area contributed by atoms with Gasteiger partial charge >= 0.3 is 0 Å². The molecule has 0 aliphatic rings. The number of fused-ring (bicyclic) bond motifs is 1. The minimum atomic E-state index is -0.490. The second-order valence-electron chi connectivity index (χ2n) is 7.76. The van der Waals surface area contributed by atoms with Crippen LogP contribution in [0.25, 0.3) is 22.2 Å². The van der Waals surface area contributed by atoms with Gasteiger partial charge in [0.1, 0.15) is 11.7 Å². The molecule has 0 fully saturated rings. The summed E-state index contributed by atoms with van der Waals surface area (Å²) in [6, 6.07) is 23.1. The fraction of sp³-hybridized carbons (Fsp3) is 0.200. The molecular weight excluding hydrogens is 394 g/mol. The van der Waals surface area contributed by atoms with Crippen LogP contribution < -0.4 is 5.32 Å². The molecular formula is C25H24ClN3O. The molecule has 0 unspecified atom stereocenters. The van der Waals surface area contributed by atoms with Crippen molar-refractivity contribution in [2.75, 3.05) is 5.32 Å². The van der Waals surface area contributed by atoms with E-state index in [1.807, 2.05) is 79.7 Å². The molecule has 0 aliphatic heterocycles. The summed E-state index contributed by atoms with van der Waals surface area (Å²) in [7, 11) is 0. The number of amides is 1. The van der Waals surface area contributed by atoms with Gasteiger partial charge in [0, 0.05) is 21.7 Å². The van der Waals surface area contributed by atoms with Gasteiger partial charge in [0.25, 0.3) is 0 Å². The Bertz CT molecular complexity index is 1180. The van der Waals surface area contributed by atoms with Gasteiger partial charge in [-0.2, -0.15) is 5.10 Å². The van der Waals surface area contributed by atoms with E-state index >= 15 is 0 Å². The number of anilines is 1. The quantitative estimate of drug-likeness (QED) is 0.393. The van der Waals surface area contributed by atoms with Crippen molar-refractivity contribution in [3.63, 3.8) is 0 Å². The number of carbonyl (C=O) groups is 1. The number of hydrogen-bond donors (Lipinski definition) is 1. The van der Waals surface area contributed by atoms with Crippen LogP contribution in [0.15, 0.2) is 72.8 Å². The summed E-state index contributed by atoms with van der Waals surface area (Å²) < 4.78 is 1.77. The highest BCUT2D eigenvalue weighted by molar-refractivity contribution is 6.31. The number of nitrogens with one attached hydrogen (secondary N) is 1. The molecule has 4 nitrogen and oxygen atoms in total. The van der Waals surface area contributed by atoms with E-state index in [9.17, 15) is 4.79 Å². The van der Waals surface area contributed by atoms with Gasteiger partial charge in [0.05, 0.1) is 5.52 Å². The molecule has 4 aromatic rings. The average Bonchev–Trinajstić information content (AvgIpc) is 3.12. The van der Waals surface area contributed by atoms with Crippen molar-refractivity contribution in [1.29, 1.82) is 0 Å². The molecule has 5 heteroatoms. The zero-order valence-corrected chi connectivity index (χ0v) is 18.0. The number of halogens is 1. The molecule has 152 valence electrons. The molecule has 1 aromatic heterocycles. The van der Waals surface area contributed by atoms with E-state index in [1.165, 1.54) is 5.56 Å². The molecule has 3 aromatic carbocycles. The van der Waals surface area contributed by atoms with E-state index in [1.54, 1.807) is 4.68 Å². The van der Waals surface area contributed by atoms with E-state index < -0.39 is 6.04 Å². The Morgan fingerprint density at radius 3 is 2.33 bits per heavy atom. The third kappa shape index (κ3) is 3.96. The molecule has 0 bridgehead atoms. The maximum Gasteiger partial charge on any atom is 0.248 e. The molecule has 0 saturated heterocycles. The summed E-state index contributed by atoms with van der Waals surface area (Å²) in [5, 5.41) is 9.37. The van der Waals surface area contributed by atoms with E-state index in [0.29, 0.717) is 10.9 Å². The summed E-state index contributed by atoms with van der Waals surface area (Å²) in [5.41, 5.74) is 4.69. The van der Waals surface area contributed by atoms with Gasteiger partial charge in [-0.1, -0.05) is 67.9 Å². The third-order valence-electron chi connectivity index (χ3n) is 5.31. The number of hydrogen-bond acceptors (Lipinski definition) is 2. The largest absolute Gasteiger partial charge is 0.324 e. The van der Waals surface area contributed by atoms with Crippen LogP contribution in [0.4, 0.5) is 5.69 Å². The molecule has 0 radical (unpaired) electrons. The Morgan fingerprint density at radius 1 is 0.967 bits per heavy atom. The van der Waals surface area contributed by atoms with Crippen LogP contribution >= 0.6 is 11.6 Å². The topological polar surface area (TPSA) is 46.9 Å². The van der Waals surface area contributed by atoms with Gasteiger partial charge in [0.15, 0.2) is 0 Å². The van der Waals surface area contributed by atoms with E-state index in [2.05, 4.69) is 19.2 Å². The van der Waals surface area contributed by atoms with Crippen LogP contribution in [0.1, 0.15) is 38.3 Å². The van der Waals surface area contributed by atoms with Crippen molar-refractivity contribution in [3.8, 4) is 11.3 Å². The summed E-state index contributed by atoms with van der Waals surface area (Å²) in [6.45, 7) is 6.15. The fourth-order valence-electron chi connectivity index (χ4n) is 3.53. The maximum absolute atomic E-state index is 13.0. The zero-order chi connectivity index (χ0) is 21.3. The van der Waals surface area contributed by atoms with E-state index in [4.69, 9.17) is 16.7 Å². The van der Waals surface area contributed by atoms with Gasteiger partial charge in [-0.25, -0.2) is 0 Å².